The van der Waals surface area contributed by atoms with Crippen LogP contribution in [0.4, 0.5) is 0 Å². The van der Waals surface area contributed by atoms with E-state index in [0.29, 0.717) is 49.1 Å². The molecule has 0 aliphatic carbocycles. The third-order valence-corrected chi connectivity index (χ3v) is 3.67. The average molecular weight is 291 g/mol. The Labute approximate surface area is 121 Å². The van der Waals surface area contributed by atoms with Crippen LogP contribution in [0.2, 0.25) is 0 Å². The van der Waals surface area contributed by atoms with Gasteiger partial charge in [-0.15, -0.1) is 0 Å². The predicted molar refractivity (Wildman–Crippen MR) is 73.9 cm³/mol. The highest BCUT2D eigenvalue weighted by Gasteiger charge is 2.35. The van der Waals surface area contributed by atoms with E-state index in [1.165, 1.54) is 13.2 Å². The minimum Gasteiger partial charge on any atom is -0.504 e. The molecule has 1 aliphatic heterocycles. The number of nitrogens with two attached hydrogens (primary N) is 1. The van der Waals surface area contributed by atoms with Crippen LogP contribution in [0.15, 0.2) is 22.7 Å². The van der Waals surface area contributed by atoms with Crippen LogP contribution in [0.5, 0.6) is 11.5 Å². The molecular weight excluding hydrogens is 274 g/mol. The highest BCUT2D eigenvalue weighted by Crippen LogP contribution is 2.32. The van der Waals surface area contributed by atoms with Crippen molar-refractivity contribution in [3.8, 4) is 22.9 Å². The Bertz CT molecular complexity index is 635. The molecule has 112 valence electrons. The lowest BCUT2D eigenvalue weighted by Crippen LogP contribution is -2.42. The average Bonchev–Trinajstić information content (AvgIpc) is 2.99. The van der Waals surface area contributed by atoms with E-state index < -0.39 is 5.54 Å². The second kappa shape index (κ2) is 5.34. The van der Waals surface area contributed by atoms with Crippen molar-refractivity contribution >= 4 is 0 Å². The van der Waals surface area contributed by atoms with Crippen LogP contribution >= 0.6 is 0 Å². The van der Waals surface area contributed by atoms with Gasteiger partial charge < -0.3 is 24.8 Å². The molecule has 0 bridgehead atoms. The molecular formula is C14H17N3O4. The second-order valence-electron chi connectivity index (χ2n) is 5.08. The van der Waals surface area contributed by atoms with Gasteiger partial charge in [-0.1, -0.05) is 5.16 Å². The van der Waals surface area contributed by atoms with Crippen LogP contribution in [-0.4, -0.2) is 35.6 Å². The fourth-order valence-electron chi connectivity index (χ4n) is 2.31. The first-order chi connectivity index (χ1) is 10.1. The van der Waals surface area contributed by atoms with Gasteiger partial charge in [0.1, 0.15) is 5.54 Å². The summed E-state index contributed by atoms with van der Waals surface area (Å²) in [5.41, 5.74) is 6.37. The number of aromatic hydroxyl groups is 1. The summed E-state index contributed by atoms with van der Waals surface area (Å²) in [5, 5.41) is 13.6. The standard InChI is InChI=1S/C14H17N3O4/c1-19-11-8-9(2-3-10(11)18)12-16-13(21-17-12)14(15)4-6-20-7-5-14/h2-3,8,18H,4-7,15H2,1H3. The van der Waals surface area contributed by atoms with Crippen molar-refractivity contribution in [2.75, 3.05) is 20.3 Å². The molecule has 0 radical (unpaired) electrons. The number of methoxy groups -OCH3 is 1. The molecule has 1 saturated heterocycles. The monoisotopic (exact) mass is 291 g/mol. The van der Waals surface area contributed by atoms with Crippen molar-refractivity contribution in [2.45, 2.75) is 18.4 Å². The van der Waals surface area contributed by atoms with Crippen LogP contribution in [-0.2, 0) is 10.3 Å². The van der Waals surface area contributed by atoms with E-state index in [1.54, 1.807) is 12.1 Å². The molecule has 1 aliphatic rings. The van der Waals surface area contributed by atoms with Gasteiger partial charge in [-0.05, 0) is 31.0 Å². The van der Waals surface area contributed by atoms with Crippen molar-refractivity contribution < 1.29 is 19.1 Å². The lowest BCUT2D eigenvalue weighted by molar-refractivity contribution is 0.0400. The maximum absolute atomic E-state index is 9.61. The van der Waals surface area contributed by atoms with Gasteiger partial charge in [0.2, 0.25) is 11.7 Å². The van der Waals surface area contributed by atoms with E-state index in [4.69, 9.17) is 19.7 Å². The van der Waals surface area contributed by atoms with Gasteiger partial charge in [-0.2, -0.15) is 4.98 Å². The minimum atomic E-state index is -0.634. The summed E-state index contributed by atoms with van der Waals surface area (Å²) in [4.78, 5) is 4.39. The molecule has 1 fully saturated rings. The van der Waals surface area contributed by atoms with Crippen LogP contribution in [0.1, 0.15) is 18.7 Å². The number of ether oxygens (including phenoxy) is 2. The zero-order valence-electron chi connectivity index (χ0n) is 11.7. The summed E-state index contributed by atoms with van der Waals surface area (Å²) >= 11 is 0. The molecule has 3 N–H and O–H groups in total. The summed E-state index contributed by atoms with van der Waals surface area (Å²) in [7, 11) is 1.48. The van der Waals surface area contributed by atoms with Crippen molar-refractivity contribution in [1.29, 1.82) is 0 Å². The SMILES string of the molecule is COc1cc(-c2noc(C3(N)CCOCC3)n2)ccc1O. The molecule has 7 nitrogen and oxygen atoms in total. The Kier molecular flexibility index (Phi) is 3.52. The van der Waals surface area contributed by atoms with E-state index >= 15 is 0 Å². The van der Waals surface area contributed by atoms with Crippen molar-refractivity contribution in [3.63, 3.8) is 0 Å². The number of aromatic nitrogens is 2. The highest BCUT2D eigenvalue weighted by atomic mass is 16.5. The smallest absolute Gasteiger partial charge is 0.247 e. The fourth-order valence-corrected chi connectivity index (χ4v) is 2.31. The Morgan fingerprint density at radius 1 is 1.33 bits per heavy atom. The summed E-state index contributed by atoms with van der Waals surface area (Å²) in [6.45, 7) is 1.17. The molecule has 21 heavy (non-hydrogen) atoms. The number of rotatable bonds is 3. The largest absolute Gasteiger partial charge is 0.504 e. The third kappa shape index (κ3) is 2.57. The number of benzene rings is 1. The first kappa shape index (κ1) is 13.8. The first-order valence-electron chi connectivity index (χ1n) is 6.70. The summed E-state index contributed by atoms with van der Waals surface area (Å²) in [5.74, 6) is 1.24. The number of hydrogen-bond acceptors (Lipinski definition) is 7. The maximum atomic E-state index is 9.61. The zero-order valence-corrected chi connectivity index (χ0v) is 11.7. The number of phenols is 1. The van der Waals surface area contributed by atoms with Crippen LogP contribution in [0.3, 0.4) is 0 Å². The number of phenolic OH excluding ortho intramolecular Hbond substituents is 1. The zero-order chi connectivity index (χ0) is 14.9. The number of nitrogens with zero attached hydrogens (tertiary/aromatic N) is 2. The summed E-state index contributed by atoms with van der Waals surface area (Å²) < 4.78 is 15.7. The van der Waals surface area contributed by atoms with Crippen LogP contribution in [0, 0.1) is 0 Å². The quantitative estimate of drug-likeness (QED) is 0.881. The lowest BCUT2D eigenvalue weighted by atomic mass is 9.91. The van der Waals surface area contributed by atoms with Gasteiger partial charge >= 0.3 is 0 Å². The molecule has 0 unspecified atom stereocenters. The van der Waals surface area contributed by atoms with E-state index in [9.17, 15) is 5.11 Å². The molecule has 1 aromatic heterocycles. The Hall–Kier alpha value is -2.12. The van der Waals surface area contributed by atoms with E-state index in [0.717, 1.165) is 0 Å². The predicted octanol–water partition coefficient (Wildman–Crippen LogP) is 1.42. The van der Waals surface area contributed by atoms with E-state index in [-0.39, 0.29) is 5.75 Å². The summed E-state index contributed by atoms with van der Waals surface area (Å²) in [6, 6.07) is 4.87. The highest BCUT2D eigenvalue weighted by molar-refractivity contribution is 5.60. The molecule has 0 spiro atoms. The van der Waals surface area contributed by atoms with Crippen molar-refractivity contribution in [2.24, 2.45) is 5.73 Å². The normalized spacial score (nSPS) is 17.6. The molecule has 0 amide bonds. The van der Waals surface area contributed by atoms with Crippen molar-refractivity contribution in [1.82, 2.24) is 10.1 Å². The fraction of sp³-hybridized carbons (Fsp3) is 0.429. The molecule has 2 aromatic rings. The summed E-state index contributed by atoms with van der Waals surface area (Å²) in [6.07, 6.45) is 1.29. The Morgan fingerprint density at radius 3 is 2.81 bits per heavy atom. The van der Waals surface area contributed by atoms with Gasteiger partial charge in [0, 0.05) is 18.8 Å². The van der Waals surface area contributed by atoms with Gasteiger partial charge in [-0.25, -0.2) is 0 Å². The van der Waals surface area contributed by atoms with E-state index in [2.05, 4.69) is 10.1 Å². The Morgan fingerprint density at radius 2 is 2.10 bits per heavy atom. The third-order valence-electron chi connectivity index (χ3n) is 3.67. The van der Waals surface area contributed by atoms with Crippen LogP contribution < -0.4 is 10.5 Å². The van der Waals surface area contributed by atoms with Gasteiger partial charge in [0.25, 0.3) is 0 Å². The maximum Gasteiger partial charge on any atom is 0.247 e. The van der Waals surface area contributed by atoms with E-state index in [1.807, 2.05) is 0 Å². The number of hydrogen-bond donors (Lipinski definition) is 2. The van der Waals surface area contributed by atoms with Crippen molar-refractivity contribution in [3.05, 3.63) is 24.1 Å². The minimum absolute atomic E-state index is 0.0599. The molecule has 2 heterocycles. The van der Waals surface area contributed by atoms with Gasteiger partial charge in [0.15, 0.2) is 11.5 Å². The molecule has 1 aromatic carbocycles. The lowest BCUT2D eigenvalue weighted by Gasteiger charge is -2.29. The molecule has 0 atom stereocenters. The first-order valence-corrected chi connectivity index (χ1v) is 6.70. The molecule has 0 saturated carbocycles. The molecule has 7 heteroatoms. The Balaban J connectivity index is 1.91. The van der Waals surface area contributed by atoms with Gasteiger partial charge in [-0.3, -0.25) is 0 Å². The topological polar surface area (TPSA) is 104 Å². The molecule has 3 rings (SSSR count). The van der Waals surface area contributed by atoms with Crippen LogP contribution in [0.25, 0.3) is 11.4 Å². The van der Waals surface area contributed by atoms with Gasteiger partial charge in [0.05, 0.1) is 7.11 Å². The second-order valence-corrected chi connectivity index (χ2v) is 5.08.